The number of hydrogen-bond donors (Lipinski definition) is 3. The van der Waals surface area contributed by atoms with E-state index < -0.39 is 58.0 Å². The molecule has 4 heterocycles. The number of rotatable bonds is 8. The van der Waals surface area contributed by atoms with E-state index in [1.54, 1.807) is 0 Å². The first-order valence-corrected chi connectivity index (χ1v) is 21.7. The van der Waals surface area contributed by atoms with Gasteiger partial charge in [0, 0.05) is 24.7 Å². The lowest BCUT2D eigenvalue weighted by Gasteiger charge is -2.64. The van der Waals surface area contributed by atoms with Crippen LogP contribution >= 0.6 is 0 Å². The smallest absolute Gasteiger partial charge is 0.397 e. The lowest BCUT2D eigenvalue weighted by atomic mass is 9.43. The summed E-state index contributed by atoms with van der Waals surface area (Å²) < 4.78 is 60.8. The van der Waals surface area contributed by atoms with Gasteiger partial charge < -0.3 is 24.4 Å². The van der Waals surface area contributed by atoms with E-state index in [-0.39, 0.29) is 71.2 Å². The fourth-order valence-electron chi connectivity index (χ4n) is 14.2. The molecule has 9 aliphatic rings. The second-order valence-corrected chi connectivity index (χ2v) is 20.4. The highest BCUT2D eigenvalue weighted by atomic mass is 32.3. The number of carboxylic acid groups (broad SMARTS) is 1. The molecule has 4 saturated heterocycles. The molecule has 2 bridgehead atoms. The standard InChI is InChI=1S/C39H62O12S/c1-20(8-12-32(41)42)25-10-11-28-33-29(19-31(40)38(25,28)6)36(4)15-13-24(17-23(36)18-30(33)49-52(43,44)45)46-34-22(3)27-9-7-21(2)26-14-16-37(5)48-35(47-34)39(26,27)51-50-37/h20-31,33-35,40H,7-19H2,1-6H3,(H,41,42)(H,43,44,45)/t20-,21-,22-,23?,24-,25-,26?,27?,28?,29?,30-,31+,33?,34?,35?,36+,37?,38-,39-/m1/s1. The van der Waals surface area contributed by atoms with Crippen molar-refractivity contribution in [2.24, 2.45) is 70.0 Å². The molecule has 0 aromatic carbocycles. The molecule has 3 N–H and O–H groups in total. The number of carboxylic acids is 1. The van der Waals surface area contributed by atoms with Crippen molar-refractivity contribution in [1.29, 1.82) is 0 Å². The van der Waals surface area contributed by atoms with E-state index in [4.69, 9.17) is 28.2 Å². The fourth-order valence-corrected chi connectivity index (χ4v) is 14.8. The van der Waals surface area contributed by atoms with Crippen LogP contribution < -0.4 is 0 Å². The summed E-state index contributed by atoms with van der Waals surface area (Å²) in [7, 11) is -4.74. The first-order valence-electron chi connectivity index (χ1n) is 20.3. The minimum atomic E-state index is -4.74. The van der Waals surface area contributed by atoms with Gasteiger partial charge >= 0.3 is 16.4 Å². The van der Waals surface area contributed by atoms with Crippen LogP contribution in [0.25, 0.3) is 0 Å². The molecule has 13 heteroatoms. The van der Waals surface area contributed by atoms with Crippen LogP contribution in [0.4, 0.5) is 0 Å². The summed E-state index contributed by atoms with van der Waals surface area (Å²) in [6.45, 7) is 13.0. The average Bonchev–Trinajstić information content (AvgIpc) is 3.27. The summed E-state index contributed by atoms with van der Waals surface area (Å²) in [5.41, 5.74) is -1.35. The Kier molecular flexibility index (Phi) is 9.56. The maximum absolute atomic E-state index is 12.4. The molecule has 5 saturated carbocycles. The van der Waals surface area contributed by atoms with Crippen molar-refractivity contribution in [2.75, 3.05) is 0 Å². The maximum atomic E-state index is 12.4. The zero-order valence-corrected chi connectivity index (χ0v) is 32.6. The number of aliphatic hydroxyl groups is 1. The summed E-state index contributed by atoms with van der Waals surface area (Å²) >= 11 is 0. The first-order chi connectivity index (χ1) is 24.4. The van der Waals surface area contributed by atoms with E-state index in [9.17, 15) is 28.0 Å². The van der Waals surface area contributed by atoms with Crippen molar-refractivity contribution < 1.29 is 56.1 Å². The summed E-state index contributed by atoms with van der Waals surface area (Å²) in [5.74, 6) is -0.670. The predicted octanol–water partition coefficient (Wildman–Crippen LogP) is 6.51. The summed E-state index contributed by atoms with van der Waals surface area (Å²) in [4.78, 5) is 23.7. The molecule has 52 heavy (non-hydrogen) atoms. The van der Waals surface area contributed by atoms with Crippen LogP contribution in [0.5, 0.6) is 0 Å². The quantitative estimate of drug-likeness (QED) is 0.140. The number of aliphatic hydroxyl groups excluding tert-OH is 1. The van der Waals surface area contributed by atoms with E-state index >= 15 is 0 Å². The lowest BCUT2D eigenvalue weighted by Crippen LogP contribution is -2.70. The van der Waals surface area contributed by atoms with Gasteiger partial charge in [0.15, 0.2) is 18.2 Å². The molecule has 0 aromatic heterocycles. The van der Waals surface area contributed by atoms with E-state index in [2.05, 4.69) is 34.6 Å². The number of ether oxygens (including phenoxy) is 3. The van der Waals surface area contributed by atoms with Gasteiger partial charge in [0.25, 0.3) is 0 Å². The Morgan fingerprint density at radius 1 is 0.923 bits per heavy atom. The van der Waals surface area contributed by atoms with E-state index in [0.29, 0.717) is 31.6 Å². The summed E-state index contributed by atoms with van der Waals surface area (Å²) in [6, 6.07) is 0. The summed E-state index contributed by atoms with van der Waals surface area (Å²) in [6.07, 6.45) is 6.90. The first kappa shape index (κ1) is 38.0. The van der Waals surface area contributed by atoms with Crippen LogP contribution in [0, 0.1) is 70.0 Å². The minimum Gasteiger partial charge on any atom is -0.481 e. The van der Waals surface area contributed by atoms with Gasteiger partial charge in [-0.25, -0.2) is 14.0 Å². The predicted molar refractivity (Wildman–Crippen MR) is 186 cm³/mol. The van der Waals surface area contributed by atoms with Crippen molar-refractivity contribution in [3.63, 3.8) is 0 Å². The number of aliphatic carboxylic acids is 1. The molecule has 1 spiro atoms. The van der Waals surface area contributed by atoms with E-state index in [1.807, 2.05) is 6.92 Å². The highest BCUT2D eigenvalue weighted by Gasteiger charge is 2.70. The van der Waals surface area contributed by atoms with Crippen molar-refractivity contribution in [3.05, 3.63) is 0 Å². The Morgan fingerprint density at radius 3 is 2.40 bits per heavy atom. The zero-order chi connectivity index (χ0) is 37.2. The molecule has 0 radical (unpaired) electrons. The highest BCUT2D eigenvalue weighted by Crippen LogP contribution is 2.69. The van der Waals surface area contributed by atoms with Gasteiger partial charge in [0.05, 0.1) is 18.3 Å². The second-order valence-electron chi connectivity index (χ2n) is 19.3. The molecule has 9 rings (SSSR count). The zero-order valence-electron chi connectivity index (χ0n) is 31.8. The lowest BCUT2D eigenvalue weighted by molar-refractivity contribution is -0.578. The molecule has 0 aromatic rings. The van der Waals surface area contributed by atoms with Crippen LogP contribution in [0.1, 0.15) is 125 Å². The van der Waals surface area contributed by atoms with Crippen LogP contribution in [-0.2, 0) is 43.4 Å². The Balaban J connectivity index is 1.03. The largest absolute Gasteiger partial charge is 0.481 e. The fraction of sp³-hybridized carbons (Fsp3) is 0.974. The molecule has 9 unspecified atom stereocenters. The molecular weight excluding hydrogens is 692 g/mol. The average molecular weight is 755 g/mol. The number of fused-ring (bicyclic) bond motifs is 7. The van der Waals surface area contributed by atoms with Crippen molar-refractivity contribution in [1.82, 2.24) is 0 Å². The Morgan fingerprint density at radius 2 is 1.67 bits per heavy atom. The van der Waals surface area contributed by atoms with Crippen LogP contribution in [-0.4, -0.2) is 71.4 Å². The van der Waals surface area contributed by atoms with E-state index in [0.717, 1.165) is 51.4 Å². The van der Waals surface area contributed by atoms with Gasteiger partial charge in [0.2, 0.25) is 5.79 Å². The second kappa shape index (κ2) is 13.1. The molecule has 19 atom stereocenters. The SMILES string of the molecule is C[C@H]1C(O[C@@H]2CC[C@@]3(C)C(C2)C[C@@H](OS(=O)(=O)O)C2C3C[C@H](O)[C@@]3(C)C2CC[C@@H]3[C@H](C)CCC(=O)O)OC2OC3(C)CCC4[C@H](C)CCC1[C@@]24OO3. The van der Waals surface area contributed by atoms with Gasteiger partial charge in [-0.1, -0.05) is 34.6 Å². The van der Waals surface area contributed by atoms with Crippen LogP contribution in [0.3, 0.4) is 0 Å². The molecule has 9 fully saturated rings. The minimum absolute atomic E-state index is 0.00111. The molecule has 12 nitrogen and oxygen atoms in total. The third kappa shape index (κ3) is 5.87. The Labute approximate surface area is 309 Å². The monoisotopic (exact) mass is 754 g/mol. The van der Waals surface area contributed by atoms with Gasteiger partial charge in [-0.05, 0) is 136 Å². The normalized spacial score (nSPS) is 54.6. The number of carbonyl (C=O) groups is 1. The summed E-state index contributed by atoms with van der Waals surface area (Å²) in [5, 5.41) is 21.4. The topological polar surface area (TPSA) is 167 Å². The van der Waals surface area contributed by atoms with Crippen molar-refractivity contribution in [2.45, 2.75) is 167 Å². The van der Waals surface area contributed by atoms with E-state index in [1.165, 1.54) is 0 Å². The molecule has 5 aliphatic carbocycles. The van der Waals surface area contributed by atoms with Crippen molar-refractivity contribution in [3.8, 4) is 0 Å². The maximum Gasteiger partial charge on any atom is 0.397 e. The Hall–Kier alpha value is -0.900. The van der Waals surface area contributed by atoms with Crippen LogP contribution in [0.15, 0.2) is 0 Å². The van der Waals surface area contributed by atoms with Crippen LogP contribution in [0.2, 0.25) is 0 Å². The number of hydrogen-bond acceptors (Lipinski definition) is 10. The van der Waals surface area contributed by atoms with Gasteiger partial charge in [0.1, 0.15) is 0 Å². The third-order valence-electron chi connectivity index (χ3n) is 17.0. The molecule has 0 amide bonds. The Bertz CT molecular complexity index is 1490. The van der Waals surface area contributed by atoms with Gasteiger partial charge in [-0.15, -0.1) is 0 Å². The third-order valence-corrected chi connectivity index (χ3v) is 17.4. The highest BCUT2D eigenvalue weighted by molar-refractivity contribution is 7.80. The van der Waals surface area contributed by atoms with Gasteiger partial charge in [-0.3, -0.25) is 9.35 Å². The molecular formula is C39H62O12S. The molecule has 4 aliphatic heterocycles. The van der Waals surface area contributed by atoms with Gasteiger partial charge in [-0.2, -0.15) is 8.42 Å². The van der Waals surface area contributed by atoms with Crippen molar-refractivity contribution >= 4 is 16.4 Å². The molecule has 296 valence electrons.